The lowest BCUT2D eigenvalue weighted by Gasteiger charge is -2.39. The van der Waals surface area contributed by atoms with Crippen molar-refractivity contribution < 1.29 is 39.4 Å². The van der Waals surface area contributed by atoms with Gasteiger partial charge < -0.3 is 39.4 Å². The van der Waals surface area contributed by atoms with E-state index in [2.05, 4.69) is 0 Å². The Bertz CT molecular complexity index is 983. The number of benzene rings is 2. The molecular formula is C22H24O8. The van der Waals surface area contributed by atoms with Crippen molar-refractivity contribution >= 4 is 11.0 Å². The lowest BCUT2D eigenvalue weighted by atomic mass is 9.99. The van der Waals surface area contributed by atoms with Crippen molar-refractivity contribution in [3.8, 4) is 11.5 Å². The summed E-state index contributed by atoms with van der Waals surface area (Å²) in [6.45, 7) is -0.561. The van der Waals surface area contributed by atoms with Gasteiger partial charge in [-0.25, -0.2) is 0 Å². The molecule has 0 radical (unpaired) electrons. The number of rotatable bonds is 6. The van der Waals surface area contributed by atoms with Crippen LogP contribution < -0.4 is 4.74 Å². The van der Waals surface area contributed by atoms with E-state index in [9.17, 15) is 25.5 Å². The Morgan fingerprint density at radius 1 is 0.933 bits per heavy atom. The third-order valence-electron chi connectivity index (χ3n) is 5.32. The molecule has 2 aromatic carbocycles. The number of aromatic hydroxyl groups is 1. The number of hydrogen-bond acceptors (Lipinski definition) is 8. The van der Waals surface area contributed by atoms with Crippen molar-refractivity contribution in [3.05, 3.63) is 59.9 Å². The van der Waals surface area contributed by atoms with Crippen molar-refractivity contribution in [1.29, 1.82) is 0 Å². The summed E-state index contributed by atoms with van der Waals surface area (Å²) in [7, 11) is 0. The molecular weight excluding hydrogens is 392 g/mol. The molecule has 0 amide bonds. The number of phenolic OH excluding ortho intramolecular Hbond substituents is 1. The Hall–Kier alpha value is -2.62. The van der Waals surface area contributed by atoms with Gasteiger partial charge in [-0.1, -0.05) is 30.3 Å². The average molecular weight is 416 g/mol. The Balaban J connectivity index is 1.62. The van der Waals surface area contributed by atoms with Crippen LogP contribution in [-0.4, -0.2) is 62.8 Å². The molecule has 2 heterocycles. The Kier molecular flexibility index (Phi) is 5.94. The fourth-order valence-corrected chi connectivity index (χ4v) is 3.67. The maximum atomic E-state index is 10.3. The second kappa shape index (κ2) is 8.63. The van der Waals surface area contributed by atoms with Crippen LogP contribution in [0, 0.1) is 0 Å². The number of hydrogen-bond donors (Lipinski definition) is 5. The van der Waals surface area contributed by atoms with Gasteiger partial charge in [-0.15, -0.1) is 0 Å². The van der Waals surface area contributed by atoms with Gasteiger partial charge >= 0.3 is 0 Å². The monoisotopic (exact) mass is 416 g/mol. The zero-order valence-corrected chi connectivity index (χ0v) is 16.1. The normalized spacial score (nSPS) is 26.7. The fourth-order valence-electron chi connectivity index (χ4n) is 3.67. The Morgan fingerprint density at radius 3 is 2.43 bits per heavy atom. The van der Waals surface area contributed by atoms with Crippen molar-refractivity contribution in [2.24, 2.45) is 0 Å². The van der Waals surface area contributed by atoms with Crippen molar-refractivity contribution in [3.63, 3.8) is 0 Å². The van der Waals surface area contributed by atoms with Crippen LogP contribution >= 0.6 is 0 Å². The minimum atomic E-state index is -1.56. The standard InChI is InChI=1S/C22H24O8/c23-10-17-19(25)20(26)21(27)22(30-17)29-16-9-14(24)8-15-18(16)13(11-28-15)7-6-12-4-2-1-3-5-12/h1-5,8-9,11,17,19-27H,6-7,10H2/t17-,19-,20+,21-,22-/m1/s1. The number of phenols is 1. The van der Waals surface area contributed by atoms with Crippen LogP contribution in [0.25, 0.3) is 11.0 Å². The van der Waals surface area contributed by atoms with E-state index in [1.807, 2.05) is 30.3 Å². The molecule has 0 unspecified atom stereocenters. The predicted octanol–water partition coefficient (Wildman–Crippen LogP) is 1.10. The van der Waals surface area contributed by atoms with Crippen molar-refractivity contribution in [2.45, 2.75) is 43.5 Å². The summed E-state index contributed by atoms with van der Waals surface area (Å²) in [6.07, 6.45) is -4.05. The van der Waals surface area contributed by atoms with Gasteiger partial charge in [-0.05, 0) is 18.4 Å². The zero-order valence-electron chi connectivity index (χ0n) is 16.1. The lowest BCUT2D eigenvalue weighted by Crippen LogP contribution is -2.60. The first-order valence-electron chi connectivity index (χ1n) is 9.72. The van der Waals surface area contributed by atoms with Gasteiger partial charge in [0.25, 0.3) is 0 Å². The van der Waals surface area contributed by atoms with E-state index in [-0.39, 0.29) is 11.5 Å². The van der Waals surface area contributed by atoms with Crippen LogP contribution in [0.15, 0.2) is 53.1 Å². The highest BCUT2D eigenvalue weighted by atomic mass is 16.7. The first-order valence-corrected chi connectivity index (χ1v) is 9.72. The third-order valence-corrected chi connectivity index (χ3v) is 5.32. The Morgan fingerprint density at radius 2 is 1.70 bits per heavy atom. The number of ether oxygens (including phenoxy) is 2. The molecule has 5 atom stereocenters. The quantitative estimate of drug-likeness (QED) is 0.404. The number of fused-ring (bicyclic) bond motifs is 1. The summed E-state index contributed by atoms with van der Waals surface area (Å²) in [4.78, 5) is 0. The molecule has 0 aliphatic carbocycles. The van der Waals surface area contributed by atoms with Crippen LogP contribution in [0.5, 0.6) is 11.5 Å². The van der Waals surface area contributed by atoms with Gasteiger partial charge in [0.05, 0.1) is 18.3 Å². The van der Waals surface area contributed by atoms with Gasteiger partial charge in [-0.3, -0.25) is 0 Å². The van der Waals surface area contributed by atoms with Gasteiger partial charge in [0.2, 0.25) is 6.29 Å². The van der Waals surface area contributed by atoms with E-state index in [1.54, 1.807) is 6.26 Å². The predicted molar refractivity (Wildman–Crippen MR) is 106 cm³/mol. The number of aliphatic hydroxyl groups excluding tert-OH is 4. The first kappa shape index (κ1) is 20.6. The molecule has 1 aliphatic rings. The molecule has 1 aromatic heterocycles. The van der Waals surface area contributed by atoms with Crippen molar-refractivity contribution in [2.75, 3.05) is 6.61 Å². The highest BCUT2D eigenvalue weighted by Gasteiger charge is 2.45. The molecule has 8 heteroatoms. The fraction of sp³-hybridized carbons (Fsp3) is 0.364. The van der Waals surface area contributed by atoms with Gasteiger partial charge in [0.15, 0.2) is 0 Å². The largest absolute Gasteiger partial charge is 0.508 e. The number of furan rings is 1. The van der Waals surface area contributed by atoms with E-state index in [1.165, 1.54) is 12.1 Å². The summed E-state index contributed by atoms with van der Waals surface area (Å²) in [6, 6.07) is 12.8. The molecule has 30 heavy (non-hydrogen) atoms. The van der Waals surface area contributed by atoms with Crippen LogP contribution in [0.4, 0.5) is 0 Å². The molecule has 0 saturated carbocycles. The minimum absolute atomic E-state index is 0.106. The lowest BCUT2D eigenvalue weighted by molar-refractivity contribution is -0.277. The van der Waals surface area contributed by atoms with Gasteiger partial charge in [0.1, 0.15) is 41.5 Å². The first-order chi connectivity index (χ1) is 14.5. The molecule has 1 aliphatic heterocycles. The smallest absolute Gasteiger partial charge is 0.229 e. The third kappa shape index (κ3) is 4.00. The second-order valence-electron chi connectivity index (χ2n) is 7.38. The van der Waals surface area contributed by atoms with Gasteiger partial charge in [-0.2, -0.15) is 0 Å². The molecule has 1 saturated heterocycles. The molecule has 8 nitrogen and oxygen atoms in total. The summed E-state index contributed by atoms with van der Waals surface area (Å²) < 4.78 is 16.8. The molecule has 3 aromatic rings. The summed E-state index contributed by atoms with van der Waals surface area (Å²) in [5.74, 6) is 0.0946. The maximum absolute atomic E-state index is 10.3. The van der Waals surface area contributed by atoms with Crippen molar-refractivity contribution in [1.82, 2.24) is 0 Å². The van der Waals surface area contributed by atoms with Crippen LogP contribution in [0.2, 0.25) is 0 Å². The number of aliphatic hydroxyl groups is 4. The average Bonchev–Trinajstić information content (AvgIpc) is 3.16. The maximum Gasteiger partial charge on any atom is 0.229 e. The minimum Gasteiger partial charge on any atom is -0.508 e. The molecule has 5 N–H and O–H groups in total. The summed E-state index contributed by atoms with van der Waals surface area (Å²) in [5, 5.41) is 50.2. The molecule has 160 valence electrons. The van der Waals surface area contributed by atoms with E-state index in [4.69, 9.17) is 13.9 Å². The molecule has 4 rings (SSSR count). The molecule has 1 fully saturated rings. The highest BCUT2D eigenvalue weighted by Crippen LogP contribution is 2.37. The van der Waals surface area contributed by atoms with E-state index in [0.29, 0.717) is 17.4 Å². The summed E-state index contributed by atoms with van der Waals surface area (Å²) in [5.41, 5.74) is 2.40. The van der Waals surface area contributed by atoms with Gasteiger partial charge in [0, 0.05) is 17.7 Å². The number of aryl methyl sites for hydroxylation is 2. The van der Waals surface area contributed by atoms with Crippen LogP contribution in [0.1, 0.15) is 11.1 Å². The highest BCUT2D eigenvalue weighted by molar-refractivity contribution is 5.89. The van der Waals surface area contributed by atoms with E-state index < -0.39 is 37.3 Å². The Labute approximate surface area is 172 Å². The SMILES string of the molecule is OC[C@H]1O[C@@H](Oc2cc(O)cc3occ(CCc4ccccc4)c23)[C@H](O)[C@@H](O)[C@@H]1O. The second-order valence-corrected chi connectivity index (χ2v) is 7.38. The zero-order chi connectivity index (χ0) is 21.3. The topological polar surface area (TPSA) is 133 Å². The summed E-state index contributed by atoms with van der Waals surface area (Å²) >= 11 is 0. The van der Waals surface area contributed by atoms with Crippen LogP contribution in [0.3, 0.4) is 0 Å². The van der Waals surface area contributed by atoms with E-state index in [0.717, 1.165) is 17.5 Å². The van der Waals surface area contributed by atoms with E-state index >= 15 is 0 Å². The van der Waals surface area contributed by atoms with Crippen LogP contribution in [-0.2, 0) is 17.6 Å². The molecule has 0 spiro atoms. The molecule has 0 bridgehead atoms.